The molecule has 10 nitrogen and oxygen atoms in total. The minimum Gasteiger partial charge on any atom is -0.493 e. The van der Waals surface area contributed by atoms with E-state index < -0.39 is 29.5 Å². The summed E-state index contributed by atoms with van der Waals surface area (Å²) in [6.45, 7) is -3.16. The van der Waals surface area contributed by atoms with Gasteiger partial charge in [-0.2, -0.15) is 29.2 Å². The summed E-state index contributed by atoms with van der Waals surface area (Å²) >= 11 is 1.06. The molecule has 1 aromatic carbocycles. The Morgan fingerprint density at radius 2 is 2.18 bits per heavy atom. The van der Waals surface area contributed by atoms with Gasteiger partial charge in [0.2, 0.25) is 5.88 Å². The summed E-state index contributed by atoms with van der Waals surface area (Å²) in [7, 11) is 0. The van der Waals surface area contributed by atoms with Gasteiger partial charge < -0.3 is 20.1 Å². The van der Waals surface area contributed by atoms with Crippen LogP contribution in [0.3, 0.4) is 0 Å². The summed E-state index contributed by atoms with van der Waals surface area (Å²) in [5.41, 5.74) is -0.937. The summed E-state index contributed by atoms with van der Waals surface area (Å²) in [6, 6.07) is 3.98. The van der Waals surface area contributed by atoms with Gasteiger partial charge in [0.05, 0.1) is 11.9 Å². The molecule has 2 aromatic heterocycles. The molecule has 2 heterocycles. The second kappa shape index (κ2) is 8.04. The number of aromatic hydroxyl groups is 1. The van der Waals surface area contributed by atoms with Crippen molar-refractivity contribution in [3.63, 3.8) is 0 Å². The topological polar surface area (TPSA) is 146 Å². The Morgan fingerprint density at radius 1 is 1.39 bits per heavy atom. The van der Waals surface area contributed by atoms with Crippen molar-refractivity contribution in [1.82, 2.24) is 25.4 Å². The number of amides is 1. The molecule has 3 aromatic rings. The van der Waals surface area contributed by atoms with Gasteiger partial charge in [-0.05, 0) is 18.4 Å². The van der Waals surface area contributed by atoms with E-state index in [0.717, 1.165) is 11.8 Å². The van der Waals surface area contributed by atoms with Crippen molar-refractivity contribution in [3.05, 3.63) is 40.3 Å². The monoisotopic (exact) mass is 410 g/mol. The standard InChI is InChI=1S/C15H12F2N6O4S/c1-28-15-20-12(25)10(13(26)21-15)11(24)19-7-3-2-6(8-5-18-23-22-8)4-9(7)27-14(16)17/h2-5,14H,1H3,(H,19,24)(H,18,22,23)(H2,20,21,25,26). The van der Waals surface area contributed by atoms with E-state index in [-0.39, 0.29) is 16.6 Å². The highest BCUT2D eigenvalue weighted by atomic mass is 32.2. The van der Waals surface area contributed by atoms with Crippen molar-refractivity contribution in [1.29, 1.82) is 0 Å². The summed E-state index contributed by atoms with van der Waals surface area (Å²) in [5, 5.41) is 22.1. The fourth-order valence-electron chi connectivity index (χ4n) is 2.25. The number of H-pyrrole nitrogens is 2. The largest absolute Gasteiger partial charge is 0.493 e. The quantitative estimate of drug-likeness (QED) is 0.356. The Balaban J connectivity index is 1.95. The number of benzene rings is 1. The molecule has 3 rings (SSSR count). The minimum absolute atomic E-state index is 0.109. The second-order valence-electron chi connectivity index (χ2n) is 5.17. The van der Waals surface area contributed by atoms with Crippen LogP contribution in [-0.2, 0) is 0 Å². The number of aromatic nitrogens is 5. The van der Waals surface area contributed by atoms with Crippen molar-refractivity contribution in [3.8, 4) is 22.9 Å². The third-order valence-corrected chi connectivity index (χ3v) is 4.04. The molecule has 0 atom stereocenters. The van der Waals surface area contributed by atoms with E-state index in [0.29, 0.717) is 11.3 Å². The van der Waals surface area contributed by atoms with Crippen molar-refractivity contribution < 1.29 is 23.4 Å². The van der Waals surface area contributed by atoms with E-state index in [9.17, 15) is 23.5 Å². The molecule has 146 valence electrons. The molecule has 0 unspecified atom stereocenters. The van der Waals surface area contributed by atoms with Crippen LogP contribution in [0.2, 0.25) is 0 Å². The van der Waals surface area contributed by atoms with Gasteiger partial charge in [-0.15, -0.1) is 0 Å². The number of carbonyl (C=O) groups excluding carboxylic acids is 1. The number of halogens is 2. The molecule has 0 spiro atoms. The van der Waals surface area contributed by atoms with E-state index in [1.54, 1.807) is 6.26 Å². The normalized spacial score (nSPS) is 10.9. The lowest BCUT2D eigenvalue weighted by Gasteiger charge is -2.13. The second-order valence-corrected chi connectivity index (χ2v) is 5.97. The molecule has 28 heavy (non-hydrogen) atoms. The maximum atomic E-state index is 12.8. The fraction of sp³-hybridized carbons (Fsp3) is 0.133. The van der Waals surface area contributed by atoms with Gasteiger partial charge in [0, 0.05) is 5.56 Å². The molecule has 1 amide bonds. The third kappa shape index (κ3) is 4.09. The van der Waals surface area contributed by atoms with E-state index in [1.807, 2.05) is 0 Å². The Hall–Kier alpha value is -3.48. The molecule has 0 aliphatic rings. The van der Waals surface area contributed by atoms with Crippen LogP contribution in [0.25, 0.3) is 11.3 Å². The average molecular weight is 410 g/mol. The number of hydrogen-bond acceptors (Lipinski definition) is 8. The SMILES string of the molecule is CSc1nc(O)c(C(=O)Nc2ccc(-c3cn[nH]n3)cc2OC(F)F)c(=O)[nH]1. The molecule has 0 aliphatic heterocycles. The molecule has 0 aliphatic carbocycles. The van der Waals surface area contributed by atoms with Crippen LogP contribution in [-0.4, -0.2) is 49.3 Å². The number of carbonyl (C=O) groups is 1. The lowest BCUT2D eigenvalue weighted by Crippen LogP contribution is -2.24. The number of ether oxygens (including phenoxy) is 1. The van der Waals surface area contributed by atoms with E-state index in [1.165, 1.54) is 24.4 Å². The van der Waals surface area contributed by atoms with Crippen molar-refractivity contribution in [2.75, 3.05) is 11.6 Å². The number of alkyl halides is 2. The molecule has 0 saturated heterocycles. The molecule has 13 heteroatoms. The van der Waals surface area contributed by atoms with Crippen LogP contribution in [0.1, 0.15) is 10.4 Å². The van der Waals surface area contributed by atoms with E-state index >= 15 is 0 Å². The highest BCUT2D eigenvalue weighted by Crippen LogP contribution is 2.31. The summed E-state index contributed by atoms with van der Waals surface area (Å²) in [4.78, 5) is 30.4. The first-order valence-corrected chi connectivity index (χ1v) is 8.75. The van der Waals surface area contributed by atoms with Crippen LogP contribution < -0.4 is 15.6 Å². The number of anilines is 1. The Labute approximate surface area is 159 Å². The Bertz CT molecular complexity index is 1060. The van der Waals surface area contributed by atoms with Crippen LogP contribution >= 0.6 is 11.8 Å². The zero-order chi connectivity index (χ0) is 20.3. The smallest absolute Gasteiger partial charge is 0.387 e. The zero-order valence-corrected chi connectivity index (χ0v) is 14.9. The summed E-state index contributed by atoms with van der Waals surface area (Å²) < 4.78 is 30.0. The van der Waals surface area contributed by atoms with Crippen molar-refractivity contribution >= 4 is 23.4 Å². The molecule has 0 radical (unpaired) electrons. The number of thioether (sulfide) groups is 1. The predicted octanol–water partition coefficient (Wildman–Crippen LogP) is 1.84. The molecule has 0 saturated carbocycles. The number of hydrogen-bond donors (Lipinski definition) is 4. The number of aromatic amines is 2. The van der Waals surface area contributed by atoms with E-state index in [4.69, 9.17) is 0 Å². The lowest BCUT2D eigenvalue weighted by molar-refractivity contribution is -0.0493. The van der Waals surface area contributed by atoms with Crippen LogP contribution in [0, 0.1) is 0 Å². The number of nitrogens with zero attached hydrogens (tertiary/aromatic N) is 3. The minimum atomic E-state index is -3.16. The van der Waals surface area contributed by atoms with Gasteiger partial charge in [-0.3, -0.25) is 9.59 Å². The summed E-state index contributed by atoms with van der Waals surface area (Å²) in [6.07, 6.45) is 2.98. The molecular formula is C15H12F2N6O4S. The Kier molecular flexibility index (Phi) is 5.54. The van der Waals surface area contributed by atoms with Gasteiger partial charge in [-0.1, -0.05) is 17.8 Å². The van der Waals surface area contributed by atoms with Gasteiger partial charge in [-0.25, -0.2) is 0 Å². The first kappa shape index (κ1) is 19.3. The maximum Gasteiger partial charge on any atom is 0.387 e. The average Bonchev–Trinajstić information content (AvgIpc) is 3.16. The summed E-state index contributed by atoms with van der Waals surface area (Å²) in [5.74, 6) is -2.21. The predicted molar refractivity (Wildman–Crippen MR) is 94.7 cm³/mol. The number of rotatable bonds is 6. The first-order chi connectivity index (χ1) is 13.4. The molecule has 0 fully saturated rings. The highest BCUT2D eigenvalue weighted by Gasteiger charge is 2.21. The molecule has 0 bridgehead atoms. The number of nitrogens with one attached hydrogen (secondary N) is 3. The highest BCUT2D eigenvalue weighted by molar-refractivity contribution is 7.98. The van der Waals surface area contributed by atoms with Gasteiger partial charge in [0.15, 0.2) is 10.7 Å². The van der Waals surface area contributed by atoms with E-state index in [2.05, 4.69) is 35.4 Å². The van der Waals surface area contributed by atoms with Gasteiger partial charge in [0.1, 0.15) is 11.4 Å². The first-order valence-electron chi connectivity index (χ1n) is 7.52. The van der Waals surface area contributed by atoms with Gasteiger partial charge >= 0.3 is 6.61 Å². The zero-order valence-electron chi connectivity index (χ0n) is 14.1. The lowest BCUT2D eigenvalue weighted by atomic mass is 10.1. The molecule has 4 N–H and O–H groups in total. The third-order valence-electron chi connectivity index (χ3n) is 3.46. The molecular weight excluding hydrogens is 398 g/mol. The Morgan fingerprint density at radius 3 is 2.79 bits per heavy atom. The van der Waals surface area contributed by atoms with Crippen LogP contribution in [0.5, 0.6) is 11.6 Å². The van der Waals surface area contributed by atoms with Crippen molar-refractivity contribution in [2.45, 2.75) is 11.8 Å². The van der Waals surface area contributed by atoms with Crippen LogP contribution in [0.4, 0.5) is 14.5 Å². The van der Waals surface area contributed by atoms with Crippen molar-refractivity contribution in [2.24, 2.45) is 0 Å². The van der Waals surface area contributed by atoms with Crippen LogP contribution in [0.15, 0.2) is 34.3 Å². The maximum absolute atomic E-state index is 12.8. The van der Waals surface area contributed by atoms with Gasteiger partial charge in [0.25, 0.3) is 11.5 Å². The fourth-order valence-corrected chi connectivity index (χ4v) is 2.62.